The molecular weight excluding hydrogens is 553 g/mol. The molecule has 1 aliphatic rings. The highest BCUT2D eigenvalue weighted by Crippen LogP contribution is 2.42. The largest absolute Gasteiger partial charge is 0.511 e. The fourth-order valence-corrected chi connectivity index (χ4v) is 7.70. The maximum atomic E-state index is 13.5. The fourth-order valence-electron chi connectivity index (χ4n) is 3.68. The standard InChI is InChI=1S/C23H21F3N2O6S3/c1-15(28-37(33,34)23(24,25)26)16-7-10-19(11-8-16)35(29,30)20-12-9-18(17-5-6-17)14-21(20)36(31,32)22-4-2-3-13-27-22/h2-4,7-15,17,28H,5-6H2,1H3. The monoisotopic (exact) mass is 574 g/mol. The second kappa shape index (κ2) is 9.49. The van der Waals surface area contributed by atoms with E-state index in [1.807, 2.05) is 0 Å². The Hall–Kier alpha value is -2.81. The van der Waals surface area contributed by atoms with Gasteiger partial charge in [-0.15, -0.1) is 0 Å². The second-order valence-electron chi connectivity index (χ2n) is 8.51. The van der Waals surface area contributed by atoms with Crippen LogP contribution in [0.1, 0.15) is 42.9 Å². The number of nitrogens with zero attached hydrogens (tertiary/aromatic N) is 1. The zero-order chi connectivity index (χ0) is 27.2. The molecule has 2 aromatic carbocycles. The number of nitrogens with one attached hydrogen (secondary N) is 1. The van der Waals surface area contributed by atoms with Crippen molar-refractivity contribution in [2.75, 3.05) is 0 Å². The molecule has 1 aromatic heterocycles. The molecule has 1 atom stereocenters. The Balaban J connectivity index is 1.74. The van der Waals surface area contributed by atoms with Crippen molar-refractivity contribution in [3.8, 4) is 0 Å². The maximum absolute atomic E-state index is 13.5. The molecule has 1 aliphatic carbocycles. The van der Waals surface area contributed by atoms with Gasteiger partial charge in [0.25, 0.3) is 0 Å². The van der Waals surface area contributed by atoms with Crippen LogP contribution in [-0.4, -0.2) is 35.7 Å². The molecule has 0 bridgehead atoms. The molecule has 0 aliphatic heterocycles. The normalized spacial score (nSPS) is 15.9. The average Bonchev–Trinajstić information content (AvgIpc) is 3.69. The summed E-state index contributed by atoms with van der Waals surface area (Å²) in [7, 11) is -14.3. The third-order valence-corrected chi connectivity index (χ3v) is 10.8. The minimum Gasteiger partial charge on any atom is -0.244 e. The number of rotatable bonds is 8. The minimum absolute atomic E-state index is 0.0668. The van der Waals surface area contributed by atoms with Crippen molar-refractivity contribution in [3.05, 3.63) is 78.0 Å². The van der Waals surface area contributed by atoms with Crippen molar-refractivity contribution in [2.24, 2.45) is 0 Å². The molecule has 0 amide bonds. The van der Waals surface area contributed by atoms with E-state index in [1.165, 1.54) is 48.2 Å². The minimum atomic E-state index is -5.62. The number of hydrogen-bond acceptors (Lipinski definition) is 7. The first-order valence-electron chi connectivity index (χ1n) is 10.9. The fraction of sp³-hybridized carbons (Fsp3) is 0.261. The first-order valence-corrected chi connectivity index (χ1v) is 15.3. The van der Waals surface area contributed by atoms with Gasteiger partial charge in [-0.1, -0.05) is 24.3 Å². The molecular formula is C23H21F3N2O6S3. The molecule has 4 rings (SSSR count). The SMILES string of the molecule is CC(NS(=O)(=O)C(F)(F)F)c1ccc(S(=O)(=O)c2ccc(C3CC3)cc2S(=O)(=O)c2ccccn2)cc1. The molecule has 1 N–H and O–H groups in total. The number of alkyl halides is 3. The lowest BCUT2D eigenvalue weighted by Gasteiger charge is -2.17. The van der Waals surface area contributed by atoms with Gasteiger partial charge in [-0.3, -0.25) is 0 Å². The van der Waals surface area contributed by atoms with Crippen molar-refractivity contribution >= 4 is 29.7 Å². The molecule has 1 saturated carbocycles. The van der Waals surface area contributed by atoms with Crippen molar-refractivity contribution < 1.29 is 38.4 Å². The van der Waals surface area contributed by atoms with Crippen molar-refractivity contribution in [1.82, 2.24) is 9.71 Å². The summed E-state index contributed by atoms with van der Waals surface area (Å²) in [6.07, 6.45) is 2.98. The van der Waals surface area contributed by atoms with Gasteiger partial charge >= 0.3 is 15.5 Å². The second-order valence-corrected chi connectivity index (χ2v) is 14.0. The van der Waals surface area contributed by atoms with Crippen LogP contribution in [0.5, 0.6) is 0 Å². The molecule has 8 nitrogen and oxygen atoms in total. The molecule has 0 saturated heterocycles. The summed E-state index contributed by atoms with van der Waals surface area (Å²) in [6.45, 7) is 1.17. The van der Waals surface area contributed by atoms with E-state index in [0.717, 1.165) is 37.1 Å². The van der Waals surface area contributed by atoms with Crippen LogP contribution in [0.2, 0.25) is 0 Å². The van der Waals surface area contributed by atoms with E-state index < -0.39 is 51.0 Å². The zero-order valence-electron chi connectivity index (χ0n) is 19.2. The highest BCUT2D eigenvalue weighted by Gasteiger charge is 2.46. The number of pyridine rings is 1. The summed E-state index contributed by atoms with van der Waals surface area (Å²) in [5.74, 6) is 0.135. The Morgan fingerprint density at radius 3 is 2.05 bits per heavy atom. The molecule has 0 spiro atoms. The highest BCUT2D eigenvalue weighted by molar-refractivity contribution is 7.94. The van der Waals surface area contributed by atoms with Gasteiger partial charge in [-0.25, -0.2) is 35.0 Å². The molecule has 1 unspecified atom stereocenters. The van der Waals surface area contributed by atoms with E-state index >= 15 is 0 Å². The van der Waals surface area contributed by atoms with Gasteiger partial charge in [0.05, 0.1) is 14.7 Å². The summed E-state index contributed by atoms with van der Waals surface area (Å²) >= 11 is 0. The maximum Gasteiger partial charge on any atom is 0.511 e. The van der Waals surface area contributed by atoms with Crippen LogP contribution in [0, 0.1) is 0 Å². The number of sulfonamides is 1. The van der Waals surface area contributed by atoms with Crippen LogP contribution in [0.25, 0.3) is 0 Å². The Kier molecular flexibility index (Phi) is 6.99. The summed E-state index contributed by atoms with van der Waals surface area (Å²) in [4.78, 5) is 2.65. The summed E-state index contributed by atoms with van der Waals surface area (Å²) in [5.41, 5.74) is -4.75. The van der Waals surface area contributed by atoms with Crippen molar-refractivity contribution in [2.45, 2.75) is 56.9 Å². The van der Waals surface area contributed by atoms with Crippen LogP contribution in [-0.2, 0) is 29.7 Å². The van der Waals surface area contributed by atoms with Crippen LogP contribution in [0.15, 0.2) is 86.6 Å². The Labute approximate surface area is 212 Å². The Bertz CT molecular complexity index is 1640. The lowest BCUT2D eigenvalue weighted by molar-refractivity contribution is -0.0450. The summed E-state index contributed by atoms with van der Waals surface area (Å²) in [6, 6.07) is 11.5. The van der Waals surface area contributed by atoms with Crippen LogP contribution >= 0.6 is 0 Å². The highest BCUT2D eigenvalue weighted by atomic mass is 32.2. The number of benzene rings is 2. The predicted octanol–water partition coefficient (Wildman–Crippen LogP) is 4.12. The number of aromatic nitrogens is 1. The van der Waals surface area contributed by atoms with E-state index in [1.54, 1.807) is 6.07 Å². The Morgan fingerprint density at radius 2 is 1.51 bits per heavy atom. The van der Waals surface area contributed by atoms with Gasteiger partial charge in [0, 0.05) is 12.2 Å². The number of hydrogen-bond donors (Lipinski definition) is 1. The van der Waals surface area contributed by atoms with Crippen molar-refractivity contribution in [3.63, 3.8) is 0 Å². The zero-order valence-corrected chi connectivity index (χ0v) is 21.6. The first kappa shape index (κ1) is 27.2. The smallest absolute Gasteiger partial charge is 0.244 e. The van der Waals surface area contributed by atoms with E-state index in [4.69, 9.17) is 0 Å². The van der Waals surface area contributed by atoms with Gasteiger partial charge in [0.2, 0.25) is 19.7 Å². The Morgan fingerprint density at radius 1 is 0.865 bits per heavy atom. The van der Waals surface area contributed by atoms with Gasteiger partial charge in [0.1, 0.15) is 0 Å². The van der Waals surface area contributed by atoms with Gasteiger partial charge in [-0.2, -0.15) is 13.2 Å². The molecule has 3 aromatic rings. The van der Waals surface area contributed by atoms with E-state index in [2.05, 4.69) is 4.98 Å². The van der Waals surface area contributed by atoms with Crippen LogP contribution in [0.4, 0.5) is 13.2 Å². The lowest BCUT2D eigenvalue weighted by atomic mass is 10.1. The first-order chi connectivity index (χ1) is 17.1. The average molecular weight is 575 g/mol. The van der Waals surface area contributed by atoms with E-state index in [9.17, 15) is 38.4 Å². The van der Waals surface area contributed by atoms with E-state index in [-0.39, 0.29) is 21.4 Å². The van der Waals surface area contributed by atoms with Crippen LogP contribution in [0.3, 0.4) is 0 Å². The quantitative estimate of drug-likeness (QED) is 0.429. The third-order valence-electron chi connectivity index (χ3n) is 5.84. The molecule has 37 heavy (non-hydrogen) atoms. The molecule has 1 heterocycles. The summed E-state index contributed by atoms with van der Waals surface area (Å²) in [5, 5.41) is -0.319. The van der Waals surface area contributed by atoms with E-state index in [0.29, 0.717) is 5.56 Å². The number of halogens is 3. The molecule has 198 valence electrons. The van der Waals surface area contributed by atoms with Gasteiger partial charge in [0.15, 0.2) is 5.03 Å². The van der Waals surface area contributed by atoms with Gasteiger partial charge in [-0.05, 0) is 73.2 Å². The summed E-state index contributed by atoms with van der Waals surface area (Å²) < 4.78 is 116. The van der Waals surface area contributed by atoms with Gasteiger partial charge < -0.3 is 0 Å². The lowest BCUT2D eigenvalue weighted by Crippen LogP contribution is -2.37. The molecule has 0 radical (unpaired) electrons. The van der Waals surface area contributed by atoms with Crippen LogP contribution < -0.4 is 4.72 Å². The molecule has 14 heteroatoms. The predicted molar refractivity (Wildman–Crippen MR) is 127 cm³/mol. The topological polar surface area (TPSA) is 127 Å². The molecule has 1 fully saturated rings. The number of sulfone groups is 2. The van der Waals surface area contributed by atoms with Crippen molar-refractivity contribution in [1.29, 1.82) is 0 Å². The third kappa shape index (κ3) is 5.42.